The molecule has 0 aliphatic heterocycles. The van der Waals surface area contributed by atoms with Gasteiger partial charge in [-0.1, -0.05) is 23.2 Å². The fraction of sp³-hybridized carbons (Fsp3) is 0.444. The van der Waals surface area contributed by atoms with Crippen molar-refractivity contribution in [3.63, 3.8) is 0 Å². The molecular formula is C9H8Cl2F2N2. The molecule has 2 rings (SSSR count). The van der Waals surface area contributed by atoms with Gasteiger partial charge >= 0.3 is 0 Å². The molecule has 0 radical (unpaired) electrons. The normalized spacial score (nSPS) is 27.8. The van der Waals surface area contributed by atoms with Crippen LogP contribution in [-0.4, -0.2) is 17.5 Å². The molecule has 1 unspecified atom stereocenters. The van der Waals surface area contributed by atoms with Gasteiger partial charge in [-0.25, -0.2) is 13.8 Å². The first-order valence-corrected chi connectivity index (χ1v) is 5.08. The number of nitrogens with zero attached hydrogens (tertiary/aromatic N) is 1. The number of hydrogen-bond acceptors (Lipinski definition) is 2. The van der Waals surface area contributed by atoms with E-state index in [0.29, 0.717) is 5.56 Å². The van der Waals surface area contributed by atoms with Crippen molar-refractivity contribution in [1.82, 2.24) is 4.98 Å². The Bertz CT molecular complexity index is 391. The highest BCUT2D eigenvalue weighted by Gasteiger charge is 2.71. The predicted molar refractivity (Wildman–Crippen MR) is 54.6 cm³/mol. The van der Waals surface area contributed by atoms with Crippen LogP contribution in [0.2, 0.25) is 10.3 Å². The maximum Gasteiger partial charge on any atom is 0.260 e. The van der Waals surface area contributed by atoms with E-state index in [2.05, 4.69) is 4.98 Å². The van der Waals surface area contributed by atoms with E-state index in [-0.39, 0.29) is 23.3 Å². The Morgan fingerprint density at radius 2 is 1.80 bits per heavy atom. The van der Waals surface area contributed by atoms with Gasteiger partial charge in [0.2, 0.25) is 0 Å². The van der Waals surface area contributed by atoms with Crippen molar-refractivity contribution in [2.45, 2.75) is 17.8 Å². The maximum absolute atomic E-state index is 13.2. The molecule has 15 heavy (non-hydrogen) atoms. The van der Waals surface area contributed by atoms with Gasteiger partial charge in [0.1, 0.15) is 10.3 Å². The van der Waals surface area contributed by atoms with Crippen molar-refractivity contribution in [3.05, 3.63) is 28.0 Å². The second kappa shape index (κ2) is 3.27. The average molecular weight is 253 g/mol. The summed E-state index contributed by atoms with van der Waals surface area (Å²) in [6.07, 6.45) is -0.257. The molecule has 0 amide bonds. The summed E-state index contributed by atoms with van der Waals surface area (Å²) in [6, 6.07) is 2.78. The molecule has 0 bridgehead atoms. The van der Waals surface area contributed by atoms with Gasteiger partial charge in [-0.15, -0.1) is 0 Å². The van der Waals surface area contributed by atoms with Crippen LogP contribution in [0.25, 0.3) is 0 Å². The van der Waals surface area contributed by atoms with Gasteiger partial charge in [0.15, 0.2) is 0 Å². The Kier molecular flexibility index (Phi) is 2.41. The third-order valence-corrected chi connectivity index (χ3v) is 3.15. The summed E-state index contributed by atoms with van der Waals surface area (Å²) in [5.41, 5.74) is 4.45. The summed E-state index contributed by atoms with van der Waals surface area (Å²) in [5.74, 6) is -2.77. The zero-order chi connectivity index (χ0) is 11.3. The fourth-order valence-electron chi connectivity index (χ4n) is 1.73. The molecule has 1 heterocycles. The number of halogens is 4. The number of nitrogens with two attached hydrogens (primary N) is 1. The molecule has 6 heteroatoms. The number of rotatable bonds is 2. The summed E-state index contributed by atoms with van der Waals surface area (Å²) in [5, 5.41) is 0.209. The maximum atomic E-state index is 13.2. The number of pyridine rings is 1. The standard InChI is InChI=1S/C9H8Cl2F2N2/c10-6-1-5(2-7(11)15-6)8(4-14)3-9(8,12)13/h1-2H,3-4,14H2. The summed E-state index contributed by atoms with van der Waals surface area (Å²) < 4.78 is 26.4. The lowest BCUT2D eigenvalue weighted by molar-refractivity contribution is 0.0896. The van der Waals surface area contributed by atoms with Gasteiger partial charge in [0, 0.05) is 13.0 Å². The second-order valence-electron chi connectivity index (χ2n) is 3.67. The van der Waals surface area contributed by atoms with Crippen molar-refractivity contribution < 1.29 is 8.78 Å². The van der Waals surface area contributed by atoms with E-state index in [1.807, 2.05) is 0 Å². The first-order valence-electron chi connectivity index (χ1n) is 4.33. The van der Waals surface area contributed by atoms with Crippen molar-refractivity contribution in [3.8, 4) is 0 Å². The molecular weight excluding hydrogens is 245 g/mol. The minimum Gasteiger partial charge on any atom is -0.329 e. The molecule has 1 aliphatic carbocycles. The van der Waals surface area contributed by atoms with Gasteiger partial charge < -0.3 is 5.73 Å². The van der Waals surface area contributed by atoms with E-state index in [4.69, 9.17) is 28.9 Å². The minimum absolute atomic E-state index is 0.105. The number of hydrogen-bond donors (Lipinski definition) is 1. The van der Waals surface area contributed by atoms with Crippen LogP contribution in [0.5, 0.6) is 0 Å². The van der Waals surface area contributed by atoms with Crippen LogP contribution < -0.4 is 5.73 Å². The van der Waals surface area contributed by atoms with Crippen LogP contribution in [0, 0.1) is 0 Å². The van der Waals surface area contributed by atoms with Crippen LogP contribution >= 0.6 is 23.2 Å². The molecule has 1 atom stereocenters. The highest BCUT2D eigenvalue weighted by molar-refractivity contribution is 6.32. The van der Waals surface area contributed by atoms with E-state index in [1.165, 1.54) is 12.1 Å². The van der Waals surface area contributed by atoms with Crippen LogP contribution in [0.3, 0.4) is 0 Å². The SMILES string of the molecule is NCC1(c2cc(Cl)nc(Cl)c2)CC1(F)F. The molecule has 1 aliphatic rings. The number of alkyl halides is 2. The molecule has 0 aromatic carbocycles. The van der Waals surface area contributed by atoms with Crippen LogP contribution in [0.4, 0.5) is 8.78 Å². The largest absolute Gasteiger partial charge is 0.329 e. The Balaban J connectivity index is 2.46. The lowest BCUT2D eigenvalue weighted by atomic mass is 9.97. The van der Waals surface area contributed by atoms with Crippen molar-refractivity contribution in [2.75, 3.05) is 6.54 Å². The Morgan fingerprint density at radius 3 is 2.13 bits per heavy atom. The zero-order valence-corrected chi connectivity index (χ0v) is 9.12. The minimum atomic E-state index is -2.77. The van der Waals surface area contributed by atoms with E-state index in [9.17, 15) is 8.78 Å². The van der Waals surface area contributed by atoms with E-state index < -0.39 is 11.3 Å². The molecule has 82 valence electrons. The van der Waals surface area contributed by atoms with Crippen LogP contribution in [0.15, 0.2) is 12.1 Å². The molecule has 0 spiro atoms. The smallest absolute Gasteiger partial charge is 0.260 e. The second-order valence-corrected chi connectivity index (χ2v) is 4.44. The Hall–Kier alpha value is -0.450. The third-order valence-electron chi connectivity index (χ3n) is 2.76. The van der Waals surface area contributed by atoms with Gasteiger partial charge in [-0.3, -0.25) is 0 Å². The van der Waals surface area contributed by atoms with E-state index in [0.717, 1.165) is 0 Å². The van der Waals surface area contributed by atoms with Crippen LogP contribution in [-0.2, 0) is 5.41 Å². The summed E-state index contributed by atoms with van der Waals surface area (Å²) in [7, 11) is 0. The highest BCUT2D eigenvalue weighted by atomic mass is 35.5. The Labute approximate surface area is 95.4 Å². The summed E-state index contributed by atoms with van der Waals surface area (Å²) >= 11 is 11.3. The molecule has 0 saturated heterocycles. The lowest BCUT2D eigenvalue weighted by Gasteiger charge is -2.14. The van der Waals surface area contributed by atoms with Crippen LogP contribution in [0.1, 0.15) is 12.0 Å². The lowest BCUT2D eigenvalue weighted by Crippen LogP contribution is -2.26. The van der Waals surface area contributed by atoms with Crippen molar-refractivity contribution >= 4 is 23.2 Å². The van der Waals surface area contributed by atoms with Gasteiger partial charge in [0.05, 0.1) is 5.41 Å². The van der Waals surface area contributed by atoms with Crippen molar-refractivity contribution in [2.24, 2.45) is 5.73 Å². The molecule has 1 aromatic heterocycles. The predicted octanol–water partition coefficient (Wildman–Crippen LogP) is 2.62. The van der Waals surface area contributed by atoms with Gasteiger partial charge in [-0.2, -0.15) is 0 Å². The molecule has 2 N–H and O–H groups in total. The molecule has 1 fully saturated rings. The van der Waals surface area contributed by atoms with E-state index in [1.54, 1.807) is 0 Å². The van der Waals surface area contributed by atoms with E-state index >= 15 is 0 Å². The van der Waals surface area contributed by atoms with Crippen molar-refractivity contribution in [1.29, 1.82) is 0 Å². The molecule has 2 nitrogen and oxygen atoms in total. The number of aromatic nitrogens is 1. The van der Waals surface area contributed by atoms with Gasteiger partial charge in [0.25, 0.3) is 5.92 Å². The zero-order valence-electron chi connectivity index (χ0n) is 7.61. The molecule has 1 saturated carbocycles. The monoisotopic (exact) mass is 252 g/mol. The topological polar surface area (TPSA) is 38.9 Å². The highest BCUT2D eigenvalue weighted by Crippen LogP contribution is 2.61. The summed E-state index contributed by atoms with van der Waals surface area (Å²) in [4.78, 5) is 3.70. The first kappa shape index (κ1) is 11.0. The fourth-order valence-corrected chi connectivity index (χ4v) is 2.19. The first-order chi connectivity index (χ1) is 6.91. The average Bonchev–Trinajstić information content (AvgIpc) is 2.68. The third kappa shape index (κ3) is 1.61. The summed E-state index contributed by atoms with van der Waals surface area (Å²) in [6.45, 7) is -0.128. The Morgan fingerprint density at radius 1 is 1.33 bits per heavy atom. The molecule has 1 aromatic rings. The quantitative estimate of drug-likeness (QED) is 0.823. The van der Waals surface area contributed by atoms with Gasteiger partial charge in [-0.05, 0) is 17.7 Å².